The van der Waals surface area contributed by atoms with Gasteiger partial charge in [0.2, 0.25) is 0 Å². The number of aromatic nitrogens is 1. The first kappa shape index (κ1) is 14.8. The van der Waals surface area contributed by atoms with Crippen molar-refractivity contribution in [2.45, 2.75) is 12.5 Å². The Kier molecular flexibility index (Phi) is 4.73. The van der Waals surface area contributed by atoms with Crippen LogP contribution in [0.25, 0.3) is 5.69 Å². The molecule has 0 saturated heterocycles. The number of aliphatic carboxylic acids is 1. The van der Waals surface area contributed by atoms with Crippen molar-refractivity contribution in [3.8, 4) is 5.69 Å². The van der Waals surface area contributed by atoms with E-state index in [1.807, 2.05) is 29.1 Å². The number of carboxylic acids is 1. The van der Waals surface area contributed by atoms with Gasteiger partial charge in [0.1, 0.15) is 6.04 Å². The summed E-state index contributed by atoms with van der Waals surface area (Å²) < 4.78 is 1.90. The second-order valence-electron chi connectivity index (χ2n) is 4.51. The molecule has 3 N–H and O–H groups in total. The highest BCUT2D eigenvalue weighted by Crippen LogP contribution is 2.10. The van der Waals surface area contributed by atoms with E-state index < -0.39 is 17.9 Å². The van der Waals surface area contributed by atoms with Gasteiger partial charge in [-0.3, -0.25) is 4.79 Å². The maximum atomic E-state index is 12.0. The molecule has 1 atom stereocenters. The molecule has 1 amide bonds. The van der Waals surface area contributed by atoms with Gasteiger partial charge in [0.05, 0.1) is 0 Å². The SMILES string of the molecule is O=C(N[C@@H](CCO)C(=O)O)c1ccc(-n2cccc2)cc1. The number of benzene rings is 1. The van der Waals surface area contributed by atoms with Crippen molar-refractivity contribution in [3.05, 3.63) is 54.4 Å². The number of hydrogen-bond acceptors (Lipinski definition) is 3. The van der Waals surface area contributed by atoms with Gasteiger partial charge in [-0.25, -0.2) is 4.79 Å². The molecule has 1 aromatic carbocycles. The lowest BCUT2D eigenvalue weighted by Gasteiger charge is -2.13. The zero-order valence-corrected chi connectivity index (χ0v) is 11.3. The van der Waals surface area contributed by atoms with E-state index in [1.165, 1.54) is 0 Å². The average Bonchev–Trinajstić information content (AvgIpc) is 3.01. The maximum Gasteiger partial charge on any atom is 0.326 e. The van der Waals surface area contributed by atoms with Gasteiger partial charge in [0.25, 0.3) is 5.91 Å². The topological polar surface area (TPSA) is 91.6 Å². The van der Waals surface area contributed by atoms with E-state index in [0.717, 1.165) is 5.69 Å². The Bertz CT molecular complexity index is 605. The molecule has 0 aliphatic heterocycles. The van der Waals surface area contributed by atoms with Crippen LogP contribution in [0.4, 0.5) is 0 Å². The number of nitrogens with zero attached hydrogens (tertiary/aromatic N) is 1. The lowest BCUT2D eigenvalue weighted by molar-refractivity contribution is -0.139. The summed E-state index contributed by atoms with van der Waals surface area (Å²) in [6.07, 6.45) is 3.75. The summed E-state index contributed by atoms with van der Waals surface area (Å²) in [7, 11) is 0. The Hall–Kier alpha value is -2.60. The van der Waals surface area contributed by atoms with Gasteiger partial charge < -0.3 is 20.1 Å². The molecular formula is C15H16N2O4. The lowest BCUT2D eigenvalue weighted by atomic mass is 10.1. The maximum absolute atomic E-state index is 12.0. The molecule has 0 unspecified atom stereocenters. The zero-order chi connectivity index (χ0) is 15.2. The number of aliphatic hydroxyl groups is 1. The normalized spacial score (nSPS) is 11.9. The number of carbonyl (C=O) groups is 2. The molecular weight excluding hydrogens is 272 g/mol. The van der Waals surface area contributed by atoms with Crippen molar-refractivity contribution >= 4 is 11.9 Å². The number of carboxylic acid groups (broad SMARTS) is 1. The van der Waals surface area contributed by atoms with Crippen molar-refractivity contribution < 1.29 is 19.8 Å². The Balaban J connectivity index is 2.07. The summed E-state index contributed by atoms with van der Waals surface area (Å²) in [6, 6.07) is 9.50. The van der Waals surface area contributed by atoms with E-state index in [1.54, 1.807) is 24.3 Å². The number of hydrogen-bond donors (Lipinski definition) is 3. The van der Waals surface area contributed by atoms with Gasteiger partial charge in [-0.1, -0.05) is 0 Å². The predicted octanol–water partition coefficient (Wildman–Crippen LogP) is 1.04. The quantitative estimate of drug-likeness (QED) is 0.740. The van der Waals surface area contributed by atoms with E-state index in [2.05, 4.69) is 5.32 Å². The summed E-state index contributed by atoms with van der Waals surface area (Å²) in [5, 5.41) is 20.1. The molecule has 0 aliphatic rings. The molecule has 0 fully saturated rings. The minimum absolute atomic E-state index is 0.0253. The van der Waals surface area contributed by atoms with Crippen molar-refractivity contribution in [2.75, 3.05) is 6.61 Å². The summed E-state index contributed by atoms with van der Waals surface area (Å²) in [5.74, 6) is -1.64. The van der Waals surface area contributed by atoms with E-state index in [9.17, 15) is 9.59 Å². The number of nitrogens with one attached hydrogen (secondary N) is 1. The average molecular weight is 288 g/mol. The van der Waals surface area contributed by atoms with Crippen LogP contribution < -0.4 is 5.32 Å². The zero-order valence-electron chi connectivity index (χ0n) is 11.3. The minimum atomic E-state index is -1.17. The Morgan fingerprint density at radius 3 is 2.29 bits per heavy atom. The van der Waals surface area contributed by atoms with Gasteiger partial charge in [-0.05, 0) is 36.4 Å². The molecule has 2 rings (SSSR count). The first-order valence-corrected chi connectivity index (χ1v) is 6.50. The van der Waals surface area contributed by atoms with E-state index >= 15 is 0 Å². The summed E-state index contributed by atoms with van der Waals surface area (Å²) >= 11 is 0. The highest BCUT2D eigenvalue weighted by atomic mass is 16.4. The van der Waals surface area contributed by atoms with Crippen LogP contribution in [-0.4, -0.2) is 39.3 Å². The fraction of sp³-hybridized carbons (Fsp3) is 0.200. The Morgan fingerprint density at radius 2 is 1.76 bits per heavy atom. The molecule has 2 aromatic rings. The highest BCUT2D eigenvalue weighted by Gasteiger charge is 2.19. The van der Waals surface area contributed by atoms with Gasteiger partial charge in [-0.15, -0.1) is 0 Å². The van der Waals surface area contributed by atoms with Crippen LogP contribution in [0.1, 0.15) is 16.8 Å². The summed E-state index contributed by atoms with van der Waals surface area (Å²) in [4.78, 5) is 22.9. The van der Waals surface area contributed by atoms with Crippen molar-refractivity contribution in [1.29, 1.82) is 0 Å². The molecule has 0 aliphatic carbocycles. The van der Waals surface area contributed by atoms with E-state index in [0.29, 0.717) is 5.56 Å². The third-order valence-electron chi connectivity index (χ3n) is 3.05. The number of amides is 1. The van der Waals surface area contributed by atoms with E-state index in [-0.39, 0.29) is 13.0 Å². The molecule has 0 radical (unpaired) electrons. The van der Waals surface area contributed by atoms with Gasteiger partial charge in [0, 0.05) is 36.7 Å². The fourth-order valence-corrected chi connectivity index (χ4v) is 1.92. The third kappa shape index (κ3) is 3.70. The smallest absolute Gasteiger partial charge is 0.326 e. The molecule has 21 heavy (non-hydrogen) atoms. The number of carbonyl (C=O) groups excluding carboxylic acids is 1. The number of rotatable bonds is 6. The molecule has 0 saturated carbocycles. The summed E-state index contributed by atoms with van der Waals surface area (Å²) in [6.45, 7) is -0.302. The van der Waals surface area contributed by atoms with Crippen LogP contribution in [0.2, 0.25) is 0 Å². The van der Waals surface area contributed by atoms with Crippen LogP contribution >= 0.6 is 0 Å². The van der Waals surface area contributed by atoms with E-state index in [4.69, 9.17) is 10.2 Å². The van der Waals surface area contributed by atoms with Crippen LogP contribution in [0.5, 0.6) is 0 Å². The molecule has 110 valence electrons. The standard InChI is InChI=1S/C15H16N2O4/c18-10-7-13(15(20)21)16-14(19)11-3-5-12(6-4-11)17-8-1-2-9-17/h1-6,8-9,13,18H,7,10H2,(H,16,19)(H,20,21)/t13-/m0/s1. The monoisotopic (exact) mass is 288 g/mol. The minimum Gasteiger partial charge on any atom is -0.480 e. The first-order chi connectivity index (χ1) is 10.1. The largest absolute Gasteiger partial charge is 0.480 e. The van der Waals surface area contributed by atoms with Crippen LogP contribution in [0.15, 0.2) is 48.8 Å². The number of aliphatic hydroxyl groups excluding tert-OH is 1. The van der Waals surface area contributed by atoms with Gasteiger partial charge in [-0.2, -0.15) is 0 Å². The predicted molar refractivity (Wildman–Crippen MR) is 76.4 cm³/mol. The molecule has 0 bridgehead atoms. The van der Waals surface area contributed by atoms with Crippen LogP contribution in [0.3, 0.4) is 0 Å². The molecule has 6 nitrogen and oxygen atoms in total. The van der Waals surface area contributed by atoms with Gasteiger partial charge in [0.15, 0.2) is 0 Å². The third-order valence-corrected chi connectivity index (χ3v) is 3.05. The Morgan fingerprint density at radius 1 is 1.14 bits per heavy atom. The van der Waals surface area contributed by atoms with Crippen molar-refractivity contribution in [1.82, 2.24) is 9.88 Å². The highest BCUT2D eigenvalue weighted by molar-refractivity contribution is 5.96. The molecule has 1 heterocycles. The second-order valence-corrected chi connectivity index (χ2v) is 4.51. The van der Waals surface area contributed by atoms with Crippen LogP contribution in [-0.2, 0) is 4.79 Å². The molecule has 1 aromatic heterocycles. The molecule has 6 heteroatoms. The fourth-order valence-electron chi connectivity index (χ4n) is 1.92. The second kappa shape index (κ2) is 6.71. The van der Waals surface area contributed by atoms with Crippen molar-refractivity contribution in [2.24, 2.45) is 0 Å². The molecule has 0 spiro atoms. The first-order valence-electron chi connectivity index (χ1n) is 6.50. The van der Waals surface area contributed by atoms with Crippen molar-refractivity contribution in [3.63, 3.8) is 0 Å². The van der Waals surface area contributed by atoms with Gasteiger partial charge >= 0.3 is 5.97 Å². The Labute approximate surface area is 121 Å². The lowest BCUT2D eigenvalue weighted by Crippen LogP contribution is -2.41. The van der Waals surface area contributed by atoms with Crippen LogP contribution in [0, 0.1) is 0 Å². The summed E-state index contributed by atoms with van der Waals surface area (Å²) in [5.41, 5.74) is 1.27.